The number of amides is 1. The number of nitrogens with zero attached hydrogens (tertiary/aromatic N) is 1. The van der Waals surface area contributed by atoms with Gasteiger partial charge in [0.05, 0.1) is 10.9 Å². The topological polar surface area (TPSA) is 41.5 Å². The third-order valence-electron chi connectivity index (χ3n) is 4.83. The molecule has 4 heteroatoms. The van der Waals surface area contributed by atoms with Gasteiger partial charge in [-0.15, -0.1) is 0 Å². The molecule has 3 nitrogen and oxygen atoms in total. The van der Waals surface area contributed by atoms with Crippen LogP contribution in [0, 0.1) is 0 Å². The maximum atomic E-state index is 12.3. The Morgan fingerprint density at radius 1 is 1.04 bits per heavy atom. The van der Waals surface area contributed by atoms with Gasteiger partial charge in [0.15, 0.2) is 5.17 Å². The van der Waals surface area contributed by atoms with Crippen molar-refractivity contribution in [2.45, 2.75) is 57.6 Å². The van der Waals surface area contributed by atoms with Gasteiger partial charge in [-0.1, -0.05) is 75.4 Å². The third-order valence-corrected chi connectivity index (χ3v) is 5.91. The lowest BCUT2D eigenvalue weighted by Crippen LogP contribution is -2.25. The molecule has 1 aliphatic rings. The summed E-state index contributed by atoms with van der Waals surface area (Å²) in [6, 6.07) is 16.9. The number of thioether (sulfide) groups is 1. The second kappa shape index (κ2) is 9.23. The zero-order valence-electron chi connectivity index (χ0n) is 16.4. The lowest BCUT2D eigenvalue weighted by molar-refractivity contribution is -0.118. The monoisotopic (exact) mass is 380 g/mol. The first-order valence-corrected chi connectivity index (χ1v) is 10.7. The van der Waals surface area contributed by atoms with Gasteiger partial charge in [0.25, 0.3) is 0 Å². The minimum Gasteiger partial charge on any atom is -0.304 e. The summed E-state index contributed by atoms with van der Waals surface area (Å²) in [6.07, 6.45) is 4.29. The molecule has 1 aliphatic heterocycles. The van der Waals surface area contributed by atoms with E-state index in [0.29, 0.717) is 11.1 Å². The predicted molar refractivity (Wildman–Crippen MR) is 116 cm³/mol. The molecule has 1 atom stereocenters. The first-order chi connectivity index (χ1) is 13.0. The third kappa shape index (κ3) is 5.46. The highest BCUT2D eigenvalue weighted by molar-refractivity contribution is 8.15. The number of rotatable bonds is 7. The van der Waals surface area contributed by atoms with Crippen LogP contribution in [0.2, 0.25) is 0 Å². The molecule has 2 aromatic carbocycles. The summed E-state index contributed by atoms with van der Waals surface area (Å²) in [5.41, 5.74) is 4.74. The summed E-state index contributed by atoms with van der Waals surface area (Å²) < 4.78 is 0. The lowest BCUT2D eigenvalue weighted by Gasteiger charge is -2.07. The molecule has 1 unspecified atom stereocenters. The van der Waals surface area contributed by atoms with Crippen molar-refractivity contribution in [2.24, 2.45) is 4.99 Å². The fourth-order valence-corrected chi connectivity index (χ4v) is 4.11. The Morgan fingerprint density at radius 2 is 1.70 bits per heavy atom. The normalized spacial score (nSPS) is 18.3. The molecule has 0 saturated carbocycles. The number of hydrogen-bond acceptors (Lipinski definition) is 3. The van der Waals surface area contributed by atoms with Gasteiger partial charge in [0.2, 0.25) is 5.91 Å². The van der Waals surface area contributed by atoms with Crippen LogP contribution in [0.4, 0.5) is 5.69 Å². The van der Waals surface area contributed by atoms with Gasteiger partial charge in [-0.3, -0.25) is 4.79 Å². The van der Waals surface area contributed by atoms with Crippen LogP contribution in [0.25, 0.3) is 0 Å². The molecular weight excluding hydrogens is 352 g/mol. The van der Waals surface area contributed by atoms with E-state index in [2.05, 4.69) is 67.5 Å². The van der Waals surface area contributed by atoms with Crippen molar-refractivity contribution < 1.29 is 4.79 Å². The molecule has 1 saturated heterocycles. The maximum absolute atomic E-state index is 12.3. The molecule has 27 heavy (non-hydrogen) atoms. The minimum absolute atomic E-state index is 0.0487. The predicted octanol–water partition coefficient (Wildman–Crippen LogP) is 5.61. The summed E-state index contributed by atoms with van der Waals surface area (Å²) in [7, 11) is 0. The van der Waals surface area contributed by atoms with Gasteiger partial charge in [-0.2, -0.15) is 0 Å². The molecule has 1 fully saturated rings. The van der Waals surface area contributed by atoms with Crippen LogP contribution in [0.3, 0.4) is 0 Å². The van der Waals surface area contributed by atoms with Crippen LogP contribution in [0.15, 0.2) is 53.5 Å². The van der Waals surface area contributed by atoms with Gasteiger partial charge in [-0.05, 0) is 54.0 Å². The molecule has 0 aromatic heterocycles. The van der Waals surface area contributed by atoms with E-state index in [-0.39, 0.29) is 11.2 Å². The fraction of sp³-hybridized carbons (Fsp3) is 0.391. The quantitative estimate of drug-likeness (QED) is 0.678. The lowest BCUT2D eigenvalue weighted by atomic mass is 10.0. The summed E-state index contributed by atoms with van der Waals surface area (Å²) in [5, 5.41) is 3.51. The Balaban J connectivity index is 1.61. The van der Waals surface area contributed by atoms with Crippen LogP contribution >= 0.6 is 11.8 Å². The number of aliphatic imine (C=N–C) groups is 1. The summed E-state index contributed by atoms with van der Waals surface area (Å²) >= 11 is 1.53. The van der Waals surface area contributed by atoms with Gasteiger partial charge in [0.1, 0.15) is 0 Å². The van der Waals surface area contributed by atoms with Crippen molar-refractivity contribution in [3.63, 3.8) is 0 Å². The molecule has 0 radical (unpaired) electrons. The maximum Gasteiger partial charge on any atom is 0.239 e. The van der Waals surface area contributed by atoms with Crippen molar-refractivity contribution in [1.82, 2.24) is 5.32 Å². The highest BCUT2D eigenvalue weighted by Gasteiger charge is 2.30. The SMILES string of the molecule is CCCCc1ccc(CC2SC(=Nc3ccc(C(C)C)cc3)NC2=O)cc1. The van der Waals surface area contributed by atoms with Crippen molar-refractivity contribution in [2.75, 3.05) is 0 Å². The molecule has 1 amide bonds. The van der Waals surface area contributed by atoms with Crippen molar-refractivity contribution in [3.8, 4) is 0 Å². The van der Waals surface area contributed by atoms with Crippen molar-refractivity contribution in [3.05, 3.63) is 65.2 Å². The van der Waals surface area contributed by atoms with E-state index in [1.807, 2.05) is 12.1 Å². The van der Waals surface area contributed by atoms with Gasteiger partial charge < -0.3 is 5.32 Å². The zero-order chi connectivity index (χ0) is 19.2. The number of hydrogen-bond donors (Lipinski definition) is 1. The van der Waals surface area contributed by atoms with Gasteiger partial charge >= 0.3 is 0 Å². The molecule has 3 rings (SSSR count). The van der Waals surface area contributed by atoms with Crippen molar-refractivity contribution in [1.29, 1.82) is 0 Å². The molecule has 1 heterocycles. The van der Waals surface area contributed by atoms with Crippen LogP contribution in [-0.2, 0) is 17.6 Å². The largest absolute Gasteiger partial charge is 0.304 e. The number of nitrogens with one attached hydrogen (secondary N) is 1. The van der Waals surface area contributed by atoms with Crippen molar-refractivity contribution >= 4 is 28.5 Å². The minimum atomic E-state index is -0.111. The zero-order valence-corrected chi connectivity index (χ0v) is 17.2. The van der Waals surface area contributed by atoms with Crippen LogP contribution < -0.4 is 5.32 Å². The molecule has 2 aromatic rings. The van der Waals surface area contributed by atoms with E-state index in [1.165, 1.54) is 41.3 Å². The molecule has 0 spiro atoms. The molecular formula is C23H28N2OS. The van der Waals surface area contributed by atoms with E-state index in [1.54, 1.807) is 0 Å². The number of aryl methyl sites for hydroxylation is 1. The summed E-state index contributed by atoms with van der Waals surface area (Å²) in [6.45, 7) is 6.56. The first kappa shape index (κ1) is 19.7. The number of benzene rings is 2. The second-order valence-electron chi connectivity index (χ2n) is 7.38. The molecule has 0 aliphatic carbocycles. The average molecular weight is 381 g/mol. The number of carbonyl (C=O) groups is 1. The standard InChI is InChI=1S/C23H28N2OS/c1-4-5-6-17-7-9-18(10-8-17)15-21-22(26)25-23(27-21)24-20-13-11-19(12-14-20)16(2)3/h7-14,16,21H,4-6,15H2,1-3H3,(H,24,25,26). The first-order valence-electron chi connectivity index (χ1n) is 9.79. The molecule has 1 N–H and O–H groups in total. The van der Waals surface area contributed by atoms with Crippen LogP contribution in [-0.4, -0.2) is 16.3 Å². The number of amidine groups is 1. The van der Waals surface area contributed by atoms with E-state index in [4.69, 9.17) is 0 Å². The molecule has 0 bridgehead atoms. The Labute approximate surface area is 166 Å². The van der Waals surface area contributed by atoms with Crippen LogP contribution in [0.1, 0.15) is 56.2 Å². The Morgan fingerprint density at radius 3 is 2.33 bits per heavy atom. The summed E-state index contributed by atoms with van der Waals surface area (Å²) in [4.78, 5) is 16.9. The Bertz CT molecular complexity index is 794. The average Bonchev–Trinajstić information content (AvgIpc) is 3.00. The van der Waals surface area contributed by atoms with Gasteiger partial charge in [0, 0.05) is 0 Å². The Hall–Kier alpha value is -2.07. The second-order valence-corrected chi connectivity index (χ2v) is 8.57. The van der Waals surface area contributed by atoms with Gasteiger partial charge in [-0.25, -0.2) is 4.99 Å². The molecule has 142 valence electrons. The number of unbranched alkanes of at least 4 members (excludes halogenated alkanes) is 1. The number of carbonyl (C=O) groups excluding carboxylic acids is 1. The summed E-state index contributed by atoms with van der Waals surface area (Å²) in [5.74, 6) is 0.553. The smallest absolute Gasteiger partial charge is 0.239 e. The Kier molecular flexibility index (Phi) is 6.73. The van der Waals surface area contributed by atoms with E-state index >= 15 is 0 Å². The van der Waals surface area contributed by atoms with Crippen LogP contribution in [0.5, 0.6) is 0 Å². The highest BCUT2D eigenvalue weighted by atomic mass is 32.2. The van der Waals surface area contributed by atoms with E-state index in [9.17, 15) is 4.79 Å². The van der Waals surface area contributed by atoms with E-state index in [0.717, 1.165) is 18.5 Å². The van der Waals surface area contributed by atoms with E-state index < -0.39 is 0 Å². The highest BCUT2D eigenvalue weighted by Crippen LogP contribution is 2.26. The fourth-order valence-electron chi connectivity index (χ4n) is 3.08.